The molecule has 2 rings (SSSR count). The number of ether oxygens (including phenoxy) is 4. The molecule has 1 amide bonds. The Morgan fingerprint density at radius 2 is 1.00 bits per heavy atom. The van der Waals surface area contributed by atoms with Gasteiger partial charge in [-0.15, -0.1) is 0 Å². The van der Waals surface area contributed by atoms with E-state index in [0.29, 0.717) is 12.8 Å². The fraction of sp³-hybridized carbons (Fsp3) is 0.830. The van der Waals surface area contributed by atoms with Crippen LogP contribution in [-0.2, 0) is 23.7 Å². The van der Waals surface area contributed by atoms with Crippen molar-refractivity contribution >= 4 is 5.91 Å². The normalized spacial score (nSPS) is 27.0. The first-order valence-electron chi connectivity index (χ1n) is 26.4. The highest BCUT2D eigenvalue weighted by Crippen LogP contribution is 2.30. The lowest BCUT2D eigenvalue weighted by Gasteiger charge is -2.46. The van der Waals surface area contributed by atoms with Gasteiger partial charge in [0.2, 0.25) is 5.91 Å². The van der Waals surface area contributed by atoms with Crippen molar-refractivity contribution in [2.24, 2.45) is 0 Å². The summed E-state index contributed by atoms with van der Waals surface area (Å²) in [4.78, 5) is 13.2. The predicted octanol–water partition coefficient (Wildman–Crippen LogP) is 7.27. The summed E-state index contributed by atoms with van der Waals surface area (Å²) < 4.78 is 22.6. The molecule has 67 heavy (non-hydrogen) atoms. The Morgan fingerprint density at radius 1 is 0.537 bits per heavy atom. The number of nitrogens with one attached hydrogen (secondary N) is 1. The molecule has 0 aromatic carbocycles. The third-order valence-electron chi connectivity index (χ3n) is 12.7. The highest BCUT2D eigenvalue weighted by Gasteiger charge is 2.51. The summed E-state index contributed by atoms with van der Waals surface area (Å²) in [7, 11) is 0. The smallest absolute Gasteiger partial charge is 0.220 e. The number of aliphatic hydroxyl groups excluding tert-OH is 8. The molecule has 0 spiro atoms. The van der Waals surface area contributed by atoms with Crippen molar-refractivity contribution in [3.8, 4) is 0 Å². The van der Waals surface area contributed by atoms with Gasteiger partial charge < -0.3 is 65.1 Å². The van der Waals surface area contributed by atoms with Crippen LogP contribution in [0, 0.1) is 0 Å². The molecular formula is C53H95NO13. The third kappa shape index (κ3) is 26.7. The number of rotatable bonds is 40. The van der Waals surface area contributed by atoms with Gasteiger partial charge in [0.25, 0.3) is 0 Å². The quantitative estimate of drug-likeness (QED) is 0.0218. The number of carbonyl (C=O) groups is 1. The average molecular weight is 954 g/mol. The zero-order valence-electron chi connectivity index (χ0n) is 41.4. The van der Waals surface area contributed by atoms with Crippen LogP contribution in [0.1, 0.15) is 187 Å². The molecule has 2 saturated heterocycles. The van der Waals surface area contributed by atoms with Crippen LogP contribution in [0.4, 0.5) is 0 Å². The minimum Gasteiger partial charge on any atom is -0.394 e. The highest BCUT2D eigenvalue weighted by molar-refractivity contribution is 5.76. The number of hydrogen-bond donors (Lipinski definition) is 9. The largest absolute Gasteiger partial charge is 0.394 e. The molecule has 390 valence electrons. The van der Waals surface area contributed by atoms with Crippen LogP contribution in [0.15, 0.2) is 48.6 Å². The van der Waals surface area contributed by atoms with E-state index in [9.17, 15) is 45.6 Å². The Kier molecular flexibility index (Phi) is 36.1. The number of allylic oxidation sites excluding steroid dienone is 7. The first kappa shape index (κ1) is 61.1. The van der Waals surface area contributed by atoms with Crippen LogP contribution in [-0.4, -0.2) is 140 Å². The summed E-state index contributed by atoms with van der Waals surface area (Å²) in [5.74, 6) is -0.255. The number of aliphatic hydroxyl groups is 8. The van der Waals surface area contributed by atoms with Crippen molar-refractivity contribution in [3.63, 3.8) is 0 Å². The van der Waals surface area contributed by atoms with Gasteiger partial charge >= 0.3 is 0 Å². The van der Waals surface area contributed by atoms with E-state index in [1.807, 2.05) is 6.08 Å². The Labute approximate surface area is 403 Å². The van der Waals surface area contributed by atoms with E-state index in [1.54, 1.807) is 6.08 Å². The first-order chi connectivity index (χ1) is 32.6. The number of carbonyl (C=O) groups excluding carboxylic acids is 1. The van der Waals surface area contributed by atoms with Gasteiger partial charge in [-0.2, -0.15) is 0 Å². The van der Waals surface area contributed by atoms with Crippen LogP contribution in [0.25, 0.3) is 0 Å². The maximum absolute atomic E-state index is 13.2. The molecule has 2 aliphatic rings. The molecule has 14 heteroatoms. The topological polar surface area (TPSA) is 228 Å². The lowest BCUT2D eigenvalue weighted by Crippen LogP contribution is -2.65. The summed E-state index contributed by atoms with van der Waals surface area (Å²) in [6, 6.07) is -0.931. The fourth-order valence-electron chi connectivity index (χ4n) is 8.39. The Morgan fingerprint density at radius 3 is 1.57 bits per heavy atom. The van der Waals surface area contributed by atoms with Gasteiger partial charge in [0, 0.05) is 6.42 Å². The van der Waals surface area contributed by atoms with Crippen molar-refractivity contribution in [3.05, 3.63) is 48.6 Å². The standard InChI is InChI=1S/C53H95NO13/c1-3-5-7-9-11-13-15-16-17-18-19-20-21-22-23-24-25-26-27-29-31-33-35-37-45(58)54-41(42(57)36-34-32-30-28-14-12-10-8-6-4-2)40-64-52-50(63)48(61)51(44(39-56)66-52)67-53-49(62)47(60)46(59)43(38-55)65-53/h14-16,18-19,28,34,36,41-44,46-53,55-57,59-63H,3-13,17,20-27,29-33,35,37-40H2,1-2H3,(H,54,58)/b16-15-,19-18-,28-14+,36-34+. The first-order valence-corrected chi connectivity index (χ1v) is 26.4. The van der Waals surface area contributed by atoms with Crippen LogP contribution in [0.5, 0.6) is 0 Å². The highest BCUT2D eigenvalue weighted by atomic mass is 16.7. The molecule has 2 heterocycles. The molecule has 12 atom stereocenters. The lowest BCUT2D eigenvalue weighted by atomic mass is 9.97. The number of amides is 1. The van der Waals surface area contributed by atoms with Crippen molar-refractivity contribution in [2.45, 2.75) is 261 Å². The van der Waals surface area contributed by atoms with E-state index >= 15 is 0 Å². The maximum Gasteiger partial charge on any atom is 0.220 e. The Balaban J connectivity index is 1.76. The van der Waals surface area contributed by atoms with E-state index in [1.165, 1.54) is 116 Å². The monoisotopic (exact) mass is 954 g/mol. The van der Waals surface area contributed by atoms with Gasteiger partial charge in [0.15, 0.2) is 12.6 Å². The SMILES string of the molecule is CCCCCC/C=C/CC/C=C/C(O)C(COC1OC(CO)C(OC2OC(CO)C(O)C(O)C2O)C(O)C1O)NC(=O)CCCCCCCCCCCCC/C=C\C/C=C\CCCCCCC. The molecule has 12 unspecified atom stereocenters. The molecule has 2 fully saturated rings. The number of unbranched alkanes of at least 4 members (excludes halogenated alkanes) is 21. The molecule has 0 aromatic rings. The zero-order chi connectivity index (χ0) is 48.9. The minimum absolute atomic E-state index is 0.255. The molecule has 9 N–H and O–H groups in total. The van der Waals surface area contributed by atoms with Crippen molar-refractivity contribution in [1.29, 1.82) is 0 Å². The summed E-state index contributed by atoms with van der Waals surface area (Å²) in [5.41, 5.74) is 0. The Hall–Kier alpha value is -2.05. The van der Waals surface area contributed by atoms with Crippen molar-refractivity contribution in [2.75, 3.05) is 19.8 Å². The summed E-state index contributed by atoms with van der Waals surface area (Å²) >= 11 is 0. The maximum atomic E-state index is 13.2. The van der Waals surface area contributed by atoms with E-state index in [0.717, 1.165) is 38.5 Å². The fourth-order valence-corrected chi connectivity index (χ4v) is 8.39. The molecule has 0 saturated carbocycles. The number of hydrogen-bond acceptors (Lipinski definition) is 13. The minimum atomic E-state index is -1.79. The van der Waals surface area contributed by atoms with E-state index in [-0.39, 0.29) is 18.9 Å². The van der Waals surface area contributed by atoms with Crippen LogP contribution < -0.4 is 5.32 Å². The van der Waals surface area contributed by atoms with E-state index in [2.05, 4.69) is 55.6 Å². The molecular weight excluding hydrogens is 859 g/mol. The van der Waals surface area contributed by atoms with Gasteiger partial charge in [-0.1, -0.05) is 165 Å². The van der Waals surface area contributed by atoms with Crippen LogP contribution in [0.3, 0.4) is 0 Å². The molecule has 2 aliphatic heterocycles. The van der Waals surface area contributed by atoms with E-state index < -0.39 is 86.8 Å². The third-order valence-corrected chi connectivity index (χ3v) is 12.7. The molecule has 0 bridgehead atoms. The van der Waals surface area contributed by atoms with Gasteiger partial charge in [-0.25, -0.2) is 0 Å². The van der Waals surface area contributed by atoms with Crippen molar-refractivity contribution in [1.82, 2.24) is 5.32 Å². The molecule has 0 aromatic heterocycles. The molecule has 14 nitrogen and oxygen atoms in total. The predicted molar refractivity (Wildman–Crippen MR) is 263 cm³/mol. The second-order valence-corrected chi connectivity index (χ2v) is 18.6. The molecule has 0 aliphatic carbocycles. The zero-order valence-corrected chi connectivity index (χ0v) is 41.4. The van der Waals surface area contributed by atoms with Crippen molar-refractivity contribution < 1.29 is 64.6 Å². The van der Waals surface area contributed by atoms with Gasteiger partial charge in [-0.05, 0) is 64.2 Å². The Bertz CT molecular complexity index is 1310. The summed E-state index contributed by atoms with van der Waals surface area (Å²) in [5, 5.41) is 86.6. The summed E-state index contributed by atoms with van der Waals surface area (Å²) in [6.45, 7) is 2.71. The summed E-state index contributed by atoms with van der Waals surface area (Å²) in [6.07, 6.45) is 30.2. The van der Waals surface area contributed by atoms with Crippen LogP contribution in [0.2, 0.25) is 0 Å². The van der Waals surface area contributed by atoms with Gasteiger partial charge in [0.1, 0.15) is 48.8 Å². The van der Waals surface area contributed by atoms with Gasteiger partial charge in [0.05, 0.1) is 32.0 Å². The molecule has 0 radical (unpaired) electrons. The van der Waals surface area contributed by atoms with Crippen LogP contribution >= 0.6 is 0 Å². The van der Waals surface area contributed by atoms with Gasteiger partial charge in [-0.3, -0.25) is 4.79 Å². The second kappa shape index (κ2) is 39.6. The second-order valence-electron chi connectivity index (χ2n) is 18.6. The average Bonchev–Trinajstić information content (AvgIpc) is 3.32. The van der Waals surface area contributed by atoms with E-state index in [4.69, 9.17) is 18.9 Å². The lowest BCUT2D eigenvalue weighted by molar-refractivity contribution is -0.359.